The standard InChI is InChI=1S/C16H16Br2N2O/c1-9-3-4-11(5-10(9)2)6-15(21)20-16-13(17)7-12(19)8-14(16)18/h3-5,7-8H,6,19H2,1-2H3,(H,20,21). The van der Waals surface area contributed by atoms with Gasteiger partial charge in [0.1, 0.15) is 0 Å². The van der Waals surface area contributed by atoms with Gasteiger partial charge in [-0.15, -0.1) is 0 Å². The predicted molar refractivity (Wildman–Crippen MR) is 94.5 cm³/mol. The van der Waals surface area contributed by atoms with Gasteiger partial charge in [0.15, 0.2) is 0 Å². The third-order valence-electron chi connectivity index (χ3n) is 3.26. The van der Waals surface area contributed by atoms with Gasteiger partial charge in [0.2, 0.25) is 5.91 Å². The average molecular weight is 412 g/mol. The van der Waals surface area contributed by atoms with Crippen LogP contribution in [0.5, 0.6) is 0 Å². The fourth-order valence-electron chi connectivity index (χ4n) is 1.99. The molecular formula is C16H16Br2N2O. The number of amides is 1. The molecule has 0 aromatic heterocycles. The van der Waals surface area contributed by atoms with Gasteiger partial charge in [-0.1, -0.05) is 18.2 Å². The molecule has 110 valence electrons. The lowest BCUT2D eigenvalue weighted by molar-refractivity contribution is -0.115. The molecule has 0 fully saturated rings. The molecule has 0 atom stereocenters. The minimum absolute atomic E-state index is 0.0653. The molecule has 1 amide bonds. The van der Waals surface area contributed by atoms with Crippen LogP contribution in [0.25, 0.3) is 0 Å². The monoisotopic (exact) mass is 410 g/mol. The lowest BCUT2D eigenvalue weighted by Crippen LogP contribution is -2.15. The number of benzene rings is 2. The number of nitrogen functional groups attached to an aromatic ring is 1. The number of halogens is 2. The SMILES string of the molecule is Cc1ccc(CC(=O)Nc2c(Br)cc(N)cc2Br)cc1C. The van der Waals surface area contributed by atoms with Crippen LogP contribution >= 0.6 is 31.9 Å². The zero-order valence-electron chi connectivity index (χ0n) is 11.8. The molecule has 21 heavy (non-hydrogen) atoms. The summed E-state index contributed by atoms with van der Waals surface area (Å²) in [4.78, 5) is 12.2. The second-order valence-electron chi connectivity index (χ2n) is 5.00. The van der Waals surface area contributed by atoms with E-state index >= 15 is 0 Å². The van der Waals surface area contributed by atoms with Crippen LogP contribution in [0.15, 0.2) is 39.3 Å². The molecule has 0 saturated heterocycles. The maximum atomic E-state index is 12.2. The fourth-order valence-corrected chi connectivity index (χ4v) is 3.41. The molecule has 3 nitrogen and oxygen atoms in total. The minimum Gasteiger partial charge on any atom is -0.399 e. The number of rotatable bonds is 3. The van der Waals surface area contributed by atoms with E-state index in [4.69, 9.17) is 5.73 Å². The third kappa shape index (κ3) is 4.08. The maximum Gasteiger partial charge on any atom is 0.228 e. The van der Waals surface area contributed by atoms with Gasteiger partial charge in [-0.05, 0) is 74.5 Å². The summed E-state index contributed by atoms with van der Waals surface area (Å²) in [5.74, 6) is -0.0653. The number of hydrogen-bond donors (Lipinski definition) is 2. The first-order chi connectivity index (χ1) is 9.86. The van der Waals surface area contributed by atoms with Gasteiger partial charge in [-0.3, -0.25) is 4.79 Å². The van der Waals surface area contributed by atoms with E-state index in [9.17, 15) is 4.79 Å². The van der Waals surface area contributed by atoms with Crippen molar-refractivity contribution in [3.63, 3.8) is 0 Å². The Morgan fingerprint density at radius 1 is 1.10 bits per heavy atom. The van der Waals surface area contributed by atoms with Crippen molar-refractivity contribution in [1.82, 2.24) is 0 Å². The Morgan fingerprint density at radius 3 is 2.29 bits per heavy atom. The van der Waals surface area contributed by atoms with E-state index in [0.717, 1.165) is 14.5 Å². The maximum absolute atomic E-state index is 12.2. The first-order valence-electron chi connectivity index (χ1n) is 6.47. The van der Waals surface area contributed by atoms with Crippen molar-refractivity contribution in [2.75, 3.05) is 11.1 Å². The van der Waals surface area contributed by atoms with Gasteiger partial charge >= 0.3 is 0 Å². The number of carbonyl (C=O) groups excluding carboxylic acids is 1. The van der Waals surface area contributed by atoms with E-state index in [1.807, 2.05) is 25.1 Å². The largest absolute Gasteiger partial charge is 0.399 e. The van der Waals surface area contributed by atoms with Crippen molar-refractivity contribution < 1.29 is 4.79 Å². The molecule has 0 unspecified atom stereocenters. The lowest BCUT2D eigenvalue weighted by Gasteiger charge is -2.11. The summed E-state index contributed by atoms with van der Waals surface area (Å²) in [6.45, 7) is 4.10. The molecule has 0 aliphatic carbocycles. The van der Waals surface area contributed by atoms with Crippen LogP contribution in [0.4, 0.5) is 11.4 Å². The molecular weight excluding hydrogens is 396 g/mol. The quantitative estimate of drug-likeness (QED) is 0.725. The highest BCUT2D eigenvalue weighted by molar-refractivity contribution is 9.11. The van der Waals surface area contributed by atoms with E-state index < -0.39 is 0 Å². The van der Waals surface area contributed by atoms with Crippen molar-refractivity contribution in [1.29, 1.82) is 0 Å². The molecule has 2 aromatic carbocycles. The van der Waals surface area contributed by atoms with Crippen LogP contribution in [0.1, 0.15) is 16.7 Å². The molecule has 2 rings (SSSR count). The Balaban J connectivity index is 2.13. The normalized spacial score (nSPS) is 10.5. The Labute approximate surface area is 141 Å². The predicted octanol–water partition coefficient (Wildman–Crippen LogP) is 4.59. The highest BCUT2D eigenvalue weighted by Gasteiger charge is 2.11. The molecule has 0 aliphatic rings. The Kier molecular flexibility index (Phi) is 5.06. The average Bonchev–Trinajstić information content (AvgIpc) is 2.38. The van der Waals surface area contributed by atoms with E-state index in [2.05, 4.69) is 44.1 Å². The topological polar surface area (TPSA) is 55.1 Å². The van der Waals surface area contributed by atoms with Crippen LogP contribution in [0.3, 0.4) is 0 Å². The van der Waals surface area contributed by atoms with Gasteiger partial charge in [0.25, 0.3) is 0 Å². The zero-order valence-corrected chi connectivity index (χ0v) is 15.0. The Bertz CT molecular complexity index is 676. The minimum atomic E-state index is -0.0653. The van der Waals surface area contributed by atoms with Crippen molar-refractivity contribution in [2.45, 2.75) is 20.3 Å². The molecule has 0 bridgehead atoms. The number of nitrogens with one attached hydrogen (secondary N) is 1. The van der Waals surface area contributed by atoms with Crippen LogP contribution < -0.4 is 11.1 Å². The summed E-state index contributed by atoms with van der Waals surface area (Å²) >= 11 is 6.82. The van der Waals surface area contributed by atoms with Gasteiger partial charge in [0, 0.05) is 14.6 Å². The van der Waals surface area contributed by atoms with Crippen LogP contribution in [0.2, 0.25) is 0 Å². The van der Waals surface area contributed by atoms with Crippen molar-refractivity contribution >= 4 is 49.1 Å². The van der Waals surface area contributed by atoms with Gasteiger partial charge in [-0.25, -0.2) is 0 Å². The molecule has 2 aromatic rings. The first-order valence-corrected chi connectivity index (χ1v) is 8.06. The van der Waals surface area contributed by atoms with Gasteiger partial charge in [0.05, 0.1) is 12.1 Å². The number of aryl methyl sites for hydroxylation is 2. The van der Waals surface area contributed by atoms with Crippen LogP contribution in [0, 0.1) is 13.8 Å². The van der Waals surface area contributed by atoms with E-state index in [-0.39, 0.29) is 5.91 Å². The van der Waals surface area contributed by atoms with Crippen molar-refractivity contribution in [2.24, 2.45) is 0 Å². The summed E-state index contributed by atoms with van der Waals surface area (Å²) in [5, 5.41) is 2.90. The van der Waals surface area contributed by atoms with E-state index in [1.165, 1.54) is 11.1 Å². The molecule has 0 heterocycles. The third-order valence-corrected chi connectivity index (χ3v) is 4.52. The van der Waals surface area contributed by atoms with Gasteiger partial charge < -0.3 is 11.1 Å². The smallest absolute Gasteiger partial charge is 0.228 e. The number of carbonyl (C=O) groups is 1. The van der Waals surface area contributed by atoms with Crippen LogP contribution in [-0.2, 0) is 11.2 Å². The van der Waals surface area contributed by atoms with Crippen LogP contribution in [-0.4, -0.2) is 5.91 Å². The highest BCUT2D eigenvalue weighted by atomic mass is 79.9. The molecule has 0 spiro atoms. The zero-order chi connectivity index (χ0) is 15.6. The lowest BCUT2D eigenvalue weighted by atomic mass is 10.0. The summed E-state index contributed by atoms with van der Waals surface area (Å²) in [6.07, 6.45) is 0.338. The molecule has 3 N–H and O–H groups in total. The van der Waals surface area contributed by atoms with E-state index in [0.29, 0.717) is 17.8 Å². The number of hydrogen-bond acceptors (Lipinski definition) is 2. The Hall–Kier alpha value is -1.33. The second-order valence-corrected chi connectivity index (χ2v) is 6.71. The molecule has 0 radical (unpaired) electrons. The van der Waals surface area contributed by atoms with Crippen molar-refractivity contribution in [3.05, 3.63) is 56.0 Å². The highest BCUT2D eigenvalue weighted by Crippen LogP contribution is 2.33. The number of anilines is 2. The summed E-state index contributed by atoms with van der Waals surface area (Å²) in [5.41, 5.74) is 10.5. The summed E-state index contributed by atoms with van der Waals surface area (Å²) in [6, 6.07) is 9.58. The molecule has 0 saturated carbocycles. The Morgan fingerprint density at radius 2 is 1.71 bits per heavy atom. The molecule has 5 heteroatoms. The summed E-state index contributed by atoms with van der Waals surface area (Å²) < 4.78 is 1.51. The molecule has 0 aliphatic heterocycles. The van der Waals surface area contributed by atoms with Crippen molar-refractivity contribution in [3.8, 4) is 0 Å². The van der Waals surface area contributed by atoms with Gasteiger partial charge in [-0.2, -0.15) is 0 Å². The second kappa shape index (κ2) is 6.62. The first kappa shape index (κ1) is 16.0. The number of nitrogens with two attached hydrogens (primary N) is 1. The van der Waals surface area contributed by atoms with E-state index in [1.54, 1.807) is 12.1 Å². The fraction of sp³-hybridized carbons (Fsp3) is 0.188. The summed E-state index contributed by atoms with van der Waals surface area (Å²) in [7, 11) is 0.